The van der Waals surface area contributed by atoms with Crippen LogP contribution in [0.3, 0.4) is 0 Å². The van der Waals surface area contributed by atoms with Crippen LogP contribution in [-0.2, 0) is 5.41 Å². The average molecular weight is 334 g/mol. The summed E-state index contributed by atoms with van der Waals surface area (Å²) in [5, 5.41) is 3.32. The molecule has 0 radical (unpaired) electrons. The molecular weight excluding hydrogens is 312 g/mol. The number of aryl methyl sites for hydroxylation is 1. The van der Waals surface area contributed by atoms with Gasteiger partial charge in [0, 0.05) is 36.1 Å². The molecule has 3 rings (SSSR count). The highest BCUT2D eigenvalue weighted by Gasteiger charge is 2.21. The fourth-order valence-electron chi connectivity index (χ4n) is 2.45. The Kier molecular flexibility index (Phi) is 4.93. The fraction of sp³-hybridized carbons (Fsp3) is 0.250. The zero-order valence-corrected chi connectivity index (χ0v) is 14.7. The summed E-state index contributed by atoms with van der Waals surface area (Å²) >= 11 is 0. The molecule has 2 aromatic heterocycles. The van der Waals surface area contributed by atoms with E-state index in [0.29, 0.717) is 18.4 Å². The number of aromatic nitrogens is 3. The van der Waals surface area contributed by atoms with Crippen LogP contribution in [0.5, 0.6) is 11.6 Å². The van der Waals surface area contributed by atoms with Crippen molar-refractivity contribution in [2.75, 3.05) is 11.9 Å². The Bertz CT molecular complexity index is 820. The predicted octanol–water partition coefficient (Wildman–Crippen LogP) is 4.36. The van der Waals surface area contributed by atoms with Crippen LogP contribution in [0.15, 0.2) is 60.9 Å². The summed E-state index contributed by atoms with van der Waals surface area (Å²) in [5.74, 6) is 1.84. The Labute approximate surface area is 148 Å². The molecule has 5 heteroatoms. The Morgan fingerprint density at radius 2 is 1.84 bits per heavy atom. The van der Waals surface area contributed by atoms with E-state index in [0.717, 1.165) is 17.0 Å². The molecule has 0 amide bonds. The quantitative estimate of drug-likeness (QED) is 0.725. The Morgan fingerprint density at radius 1 is 1.04 bits per heavy atom. The highest BCUT2D eigenvalue weighted by Crippen LogP contribution is 2.24. The van der Waals surface area contributed by atoms with Crippen LogP contribution in [0.4, 0.5) is 5.95 Å². The van der Waals surface area contributed by atoms with Gasteiger partial charge in [0.15, 0.2) is 0 Å². The third-order valence-corrected chi connectivity index (χ3v) is 3.93. The molecule has 128 valence electrons. The second-order valence-electron chi connectivity index (χ2n) is 6.57. The largest absolute Gasteiger partial charge is 0.439 e. The number of ether oxygens (including phenoxy) is 1. The Balaban J connectivity index is 1.72. The highest BCUT2D eigenvalue weighted by molar-refractivity contribution is 5.35. The molecule has 0 unspecified atom stereocenters. The van der Waals surface area contributed by atoms with Gasteiger partial charge in [-0.1, -0.05) is 38.1 Å². The van der Waals surface area contributed by atoms with Crippen LogP contribution >= 0.6 is 0 Å². The molecule has 25 heavy (non-hydrogen) atoms. The van der Waals surface area contributed by atoms with Crippen molar-refractivity contribution in [1.82, 2.24) is 15.0 Å². The molecule has 0 aliphatic heterocycles. The Hall–Kier alpha value is -2.95. The number of nitrogens with zero attached hydrogens (tertiary/aromatic N) is 3. The molecule has 0 saturated heterocycles. The van der Waals surface area contributed by atoms with Crippen LogP contribution in [0.1, 0.15) is 25.1 Å². The van der Waals surface area contributed by atoms with Crippen molar-refractivity contribution in [3.05, 3.63) is 72.2 Å². The first-order valence-electron chi connectivity index (χ1n) is 8.26. The van der Waals surface area contributed by atoms with Crippen LogP contribution in [0.2, 0.25) is 0 Å². The average Bonchev–Trinajstić information content (AvgIpc) is 2.61. The zero-order valence-electron chi connectivity index (χ0n) is 14.7. The van der Waals surface area contributed by atoms with E-state index in [1.165, 1.54) is 0 Å². The lowest BCUT2D eigenvalue weighted by Crippen LogP contribution is -2.28. The number of pyridine rings is 1. The van der Waals surface area contributed by atoms with Crippen molar-refractivity contribution in [2.24, 2.45) is 0 Å². The predicted molar refractivity (Wildman–Crippen MR) is 99.0 cm³/mol. The topological polar surface area (TPSA) is 59.9 Å². The summed E-state index contributed by atoms with van der Waals surface area (Å²) in [7, 11) is 0. The van der Waals surface area contributed by atoms with Crippen LogP contribution in [0.25, 0.3) is 0 Å². The molecule has 1 N–H and O–H groups in total. The van der Waals surface area contributed by atoms with Crippen molar-refractivity contribution in [3.8, 4) is 11.6 Å². The number of hydrogen-bond donors (Lipinski definition) is 1. The van der Waals surface area contributed by atoms with Gasteiger partial charge < -0.3 is 10.1 Å². The fourth-order valence-corrected chi connectivity index (χ4v) is 2.45. The summed E-state index contributed by atoms with van der Waals surface area (Å²) < 4.78 is 5.82. The summed E-state index contributed by atoms with van der Waals surface area (Å²) in [6, 6.07) is 15.5. The Morgan fingerprint density at radius 3 is 2.56 bits per heavy atom. The highest BCUT2D eigenvalue weighted by atomic mass is 16.5. The number of benzene rings is 1. The van der Waals surface area contributed by atoms with Crippen molar-refractivity contribution in [2.45, 2.75) is 26.2 Å². The number of hydrogen-bond acceptors (Lipinski definition) is 5. The maximum atomic E-state index is 5.82. The number of rotatable bonds is 6. The molecule has 0 aliphatic carbocycles. The van der Waals surface area contributed by atoms with Gasteiger partial charge in [0.05, 0.1) is 0 Å². The minimum atomic E-state index is -0.0954. The first-order chi connectivity index (χ1) is 12.0. The molecule has 0 aliphatic rings. The molecule has 3 aromatic rings. The minimum absolute atomic E-state index is 0.0954. The van der Waals surface area contributed by atoms with E-state index in [9.17, 15) is 0 Å². The first kappa shape index (κ1) is 16.9. The molecule has 1 aromatic carbocycles. The van der Waals surface area contributed by atoms with Crippen molar-refractivity contribution < 1.29 is 4.74 Å². The van der Waals surface area contributed by atoms with E-state index in [2.05, 4.69) is 40.2 Å². The van der Waals surface area contributed by atoms with Crippen LogP contribution < -0.4 is 10.1 Å². The second kappa shape index (κ2) is 7.30. The number of anilines is 1. The van der Waals surface area contributed by atoms with Gasteiger partial charge in [-0.25, -0.2) is 4.98 Å². The molecule has 0 saturated carbocycles. The second-order valence-corrected chi connectivity index (χ2v) is 6.57. The van der Waals surface area contributed by atoms with Crippen molar-refractivity contribution >= 4 is 5.95 Å². The van der Waals surface area contributed by atoms with Crippen molar-refractivity contribution in [3.63, 3.8) is 0 Å². The minimum Gasteiger partial charge on any atom is -0.439 e. The first-order valence-corrected chi connectivity index (χ1v) is 8.26. The third-order valence-electron chi connectivity index (χ3n) is 3.93. The lowest BCUT2D eigenvalue weighted by molar-refractivity contribution is 0.461. The monoisotopic (exact) mass is 334 g/mol. The third kappa shape index (κ3) is 4.53. The van der Waals surface area contributed by atoms with Crippen LogP contribution in [0, 0.1) is 6.92 Å². The lowest BCUT2D eigenvalue weighted by Gasteiger charge is -2.25. The smallest absolute Gasteiger partial charge is 0.226 e. The summed E-state index contributed by atoms with van der Waals surface area (Å²) in [6.45, 7) is 6.94. The van der Waals surface area contributed by atoms with Gasteiger partial charge in [-0.05, 0) is 30.7 Å². The van der Waals surface area contributed by atoms with E-state index in [1.54, 1.807) is 6.20 Å². The number of para-hydroxylation sites is 1. The maximum Gasteiger partial charge on any atom is 0.226 e. The van der Waals surface area contributed by atoms with Crippen molar-refractivity contribution in [1.29, 1.82) is 0 Å². The summed E-state index contributed by atoms with van der Waals surface area (Å²) in [6.07, 6.45) is 3.67. The molecular formula is C20H22N4O. The standard InChI is InChI=1S/C20H22N4O/c1-15-12-18(25-17-9-5-4-6-10-17)24-19(23-15)22-14-20(2,3)16-8-7-11-21-13-16/h4-13H,14H2,1-3H3,(H,22,23,24). The van der Waals surface area contributed by atoms with E-state index in [-0.39, 0.29) is 5.41 Å². The SMILES string of the molecule is Cc1cc(Oc2ccccc2)nc(NCC(C)(C)c2cccnc2)n1. The molecule has 0 bridgehead atoms. The van der Waals surface area contributed by atoms with Crippen LogP contribution in [-0.4, -0.2) is 21.5 Å². The van der Waals surface area contributed by atoms with E-state index in [4.69, 9.17) is 4.74 Å². The van der Waals surface area contributed by atoms with Gasteiger partial charge in [0.25, 0.3) is 0 Å². The summed E-state index contributed by atoms with van der Waals surface area (Å²) in [5.41, 5.74) is 1.92. The molecule has 0 spiro atoms. The van der Waals surface area contributed by atoms with E-state index < -0.39 is 0 Å². The van der Waals surface area contributed by atoms with Gasteiger partial charge >= 0.3 is 0 Å². The number of nitrogens with one attached hydrogen (secondary N) is 1. The summed E-state index contributed by atoms with van der Waals surface area (Å²) in [4.78, 5) is 13.1. The molecule has 5 nitrogen and oxygen atoms in total. The van der Waals surface area contributed by atoms with Gasteiger partial charge in [0.2, 0.25) is 11.8 Å². The normalized spacial score (nSPS) is 11.2. The molecule has 2 heterocycles. The lowest BCUT2D eigenvalue weighted by atomic mass is 9.86. The molecule has 0 fully saturated rings. The van der Waals surface area contributed by atoms with Gasteiger partial charge in [-0.15, -0.1) is 0 Å². The van der Waals surface area contributed by atoms with E-state index in [1.807, 2.05) is 55.6 Å². The zero-order chi connectivity index (χ0) is 17.7. The van der Waals surface area contributed by atoms with Gasteiger partial charge in [0.1, 0.15) is 5.75 Å². The van der Waals surface area contributed by atoms with E-state index >= 15 is 0 Å². The van der Waals surface area contributed by atoms with Gasteiger partial charge in [-0.3, -0.25) is 4.98 Å². The van der Waals surface area contributed by atoms with Gasteiger partial charge in [-0.2, -0.15) is 4.98 Å². The maximum absolute atomic E-state index is 5.82. The molecule has 0 atom stereocenters.